The van der Waals surface area contributed by atoms with Crippen molar-refractivity contribution in [3.05, 3.63) is 109 Å². The van der Waals surface area contributed by atoms with Crippen LogP contribution in [0, 0.1) is 6.92 Å². The molecule has 33 heavy (non-hydrogen) atoms. The zero-order valence-electron chi connectivity index (χ0n) is 18.1. The van der Waals surface area contributed by atoms with Crippen LogP contribution in [0.15, 0.2) is 103 Å². The number of hydrogen-bond acceptors (Lipinski definition) is 4. The Morgan fingerprint density at radius 2 is 1.24 bits per heavy atom. The van der Waals surface area contributed by atoms with E-state index >= 15 is 0 Å². The summed E-state index contributed by atoms with van der Waals surface area (Å²) in [6.45, 7) is 1.91. The third-order valence-corrected chi connectivity index (χ3v) is 5.89. The van der Waals surface area contributed by atoms with E-state index in [0.29, 0.717) is 17.5 Å². The Morgan fingerprint density at radius 3 is 2.09 bits per heavy atom. The molecule has 4 nitrogen and oxygen atoms in total. The SMILES string of the molecule is Cc1nc(-c2ccc(-c3cccc4ccncc34)cc2)nc(-c2ccc3ccccc3c2)n1. The standard InChI is InChI=1S/C29H20N4/c1-19-31-28(33-29(32-19)25-14-9-20-5-2-3-6-24(20)17-25)23-12-10-22(11-13-23)26-8-4-7-21-15-16-30-18-27(21)26/h2-18H,1H3. The number of hydrogen-bond donors (Lipinski definition) is 0. The fourth-order valence-corrected chi connectivity index (χ4v) is 4.23. The first-order chi connectivity index (χ1) is 16.2. The van der Waals surface area contributed by atoms with Crippen LogP contribution in [0.5, 0.6) is 0 Å². The second-order valence-electron chi connectivity index (χ2n) is 8.07. The molecule has 0 fully saturated rings. The van der Waals surface area contributed by atoms with Gasteiger partial charge in [-0.25, -0.2) is 15.0 Å². The zero-order chi connectivity index (χ0) is 22.2. The maximum atomic E-state index is 4.80. The molecule has 0 radical (unpaired) electrons. The molecule has 0 amide bonds. The van der Waals surface area contributed by atoms with E-state index in [1.165, 1.54) is 16.2 Å². The molecule has 0 spiro atoms. The van der Waals surface area contributed by atoms with Crippen molar-refractivity contribution < 1.29 is 0 Å². The van der Waals surface area contributed by atoms with Crippen molar-refractivity contribution in [1.29, 1.82) is 0 Å². The number of pyridine rings is 1. The van der Waals surface area contributed by atoms with Gasteiger partial charge < -0.3 is 0 Å². The largest absolute Gasteiger partial charge is 0.264 e. The zero-order valence-corrected chi connectivity index (χ0v) is 18.1. The number of nitrogens with zero attached hydrogens (tertiary/aromatic N) is 4. The molecule has 0 aliphatic rings. The number of aromatic nitrogens is 4. The van der Waals surface area contributed by atoms with Gasteiger partial charge in [0.25, 0.3) is 0 Å². The molecule has 4 aromatic carbocycles. The predicted molar refractivity (Wildman–Crippen MR) is 134 cm³/mol. The Kier molecular flexibility index (Phi) is 4.62. The summed E-state index contributed by atoms with van der Waals surface area (Å²) in [5.41, 5.74) is 4.25. The van der Waals surface area contributed by atoms with E-state index in [-0.39, 0.29) is 0 Å². The molecule has 2 aromatic heterocycles. The van der Waals surface area contributed by atoms with E-state index in [0.717, 1.165) is 27.6 Å². The minimum Gasteiger partial charge on any atom is -0.264 e. The molecule has 0 N–H and O–H groups in total. The summed E-state index contributed by atoms with van der Waals surface area (Å²) in [6, 6.07) is 31.3. The van der Waals surface area contributed by atoms with E-state index in [1.807, 2.05) is 37.5 Å². The Morgan fingerprint density at radius 1 is 0.545 bits per heavy atom. The Labute approximate surface area is 191 Å². The predicted octanol–water partition coefficient (Wildman–Crippen LogP) is 6.88. The molecular formula is C29H20N4. The average Bonchev–Trinajstić information content (AvgIpc) is 2.88. The number of fused-ring (bicyclic) bond motifs is 2. The van der Waals surface area contributed by atoms with Gasteiger partial charge in [-0.05, 0) is 46.3 Å². The summed E-state index contributed by atoms with van der Waals surface area (Å²) >= 11 is 0. The number of aryl methyl sites for hydroxylation is 1. The van der Waals surface area contributed by atoms with Crippen molar-refractivity contribution in [1.82, 2.24) is 19.9 Å². The highest BCUT2D eigenvalue weighted by atomic mass is 15.0. The van der Waals surface area contributed by atoms with Crippen LogP contribution >= 0.6 is 0 Å². The Bertz CT molecular complexity index is 1620. The average molecular weight is 425 g/mol. The lowest BCUT2D eigenvalue weighted by molar-refractivity contribution is 0.992. The molecule has 4 heteroatoms. The molecular weight excluding hydrogens is 404 g/mol. The lowest BCUT2D eigenvalue weighted by Crippen LogP contribution is -1.99. The third kappa shape index (κ3) is 3.62. The number of rotatable bonds is 3. The van der Waals surface area contributed by atoms with Crippen LogP contribution in [0.4, 0.5) is 0 Å². The van der Waals surface area contributed by atoms with Crippen molar-refractivity contribution in [2.75, 3.05) is 0 Å². The van der Waals surface area contributed by atoms with Gasteiger partial charge in [-0.1, -0.05) is 78.9 Å². The Hall–Kier alpha value is -4.44. The smallest absolute Gasteiger partial charge is 0.163 e. The normalized spacial score (nSPS) is 11.2. The van der Waals surface area contributed by atoms with Gasteiger partial charge in [0, 0.05) is 28.9 Å². The molecule has 0 aliphatic heterocycles. The topological polar surface area (TPSA) is 51.6 Å². The monoisotopic (exact) mass is 424 g/mol. The quantitative estimate of drug-likeness (QED) is 0.311. The van der Waals surface area contributed by atoms with E-state index in [1.54, 1.807) is 0 Å². The van der Waals surface area contributed by atoms with Crippen LogP contribution in [0.3, 0.4) is 0 Å². The first-order valence-electron chi connectivity index (χ1n) is 10.9. The van der Waals surface area contributed by atoms with E-state index < -0.39 is 0 Å². The number of benzene rings is 4. The van der Waals surface area contributed by atoms with Crippen molar-refractivity contribution in [2.45, 2.75) is 6.92 Å². The second kappa shape index (κ2) is 7.92. The van der Waals surface area contributed by atoms with Crippen LogP contribution in [-0.2, 0) is 0 Å². The molecule has 0 aliphatic carbocycles. The summed E-state index contributed by atoms with van der Waals surface area (Å²) in [6.07, 6.45) is 3.75. The molecule has 0 saturated heterocycles. The van der Waals surface area contributed by atoms with Gasteiger partial charge in [-0.15, -0.1) is 0 Å². The Balaban J connectivity index is 1.39. The lowest BCUT2D eigenvalue weighted by atomic mass is 9.99. The van der Waals surface area contributed by atoms with Crippen LogP contribution in [0.2, 0.25) is 0 Å². The van der Waals surface area contributed by atoms with Gasteiger partial charge in [-0.3, -0.25) is 4.98 Å². The summed E-state index contributed by atoms with van der Waals surface area (Å²) in [7, 11) is 0. The van der Waals surface area contributed by atoms with Gasteiger partial charge >= 0.3 is 0 Å². The summed E-state index contributed by atoms with van der Waals surface area (Å²) < 4.78 is 0. The summed E-state index contributed by atoms with van der Waals surface area (Å²) in [5.74, 6) is 2.07. The van der Waals surface area contributed by atoms with Crippen molar-refractivity contribution in [3.8, 4) is 33.9 Å². The maximum Gasteiger partial charge on any atom is 0.163 e. The molecule has 0 atom stereocenters. The van der Waals surface area contributed by atoms with E-state index in [9.17, 15) is 0 Å². The molecule has 2 heterocycles. The first-order valence-corrected chi connectivity index (χ1v) is 10.9. The molecule has 6 rings (SSSR count). The van der Waals surface area contributed by atoms with Crippen LogP contribution in [-0.4, -0.2) is 19.9 Å². The van der Waals surface area contributed by atoms with Crippen LogP contribution in [0.1, 0.15) is 5.82 Å². The second-order valence-corrected chi connectivity index (χ2v) is 8.07. The summed E-state index contributed by atoms with van der Waals surface area (Å²) in [5, 5.41) is 4.69. The molecule has 0 saturated carbocycles. The van der Waals surface area contributed by atoms with Gasteiger partial charge in [0.1, 0.15) is 5.82 Å². The highest BCUT2D eigenvalue weighted by Gasteiger charge is 2.10. The van der Waals surface area contributed by atoms with Gasteiger partial charge in [-0.2, -0.15) is 0 Å². The fourth-order valence-electron chi connectivity index (χ4n) is 4.23. The molecule has 6 aromatic rings. The van der Waals surface area contributed by atoms with Crippen molar-refractivity contribution in [2.24, 2.45) is 0 Å². The van der Waals surface area contributed by atoms with Crippen LogP contribution in [0.25, 0.3) is 55.4 Å². The molecule has 156 valence electrons. The first kappa shape index (κ1) is 19.3. The minimum atomic E-state index is 0.678. The molecule has 0 bridgehead atoms. The van der Waals surface area contributed by atoms with E-state index in [4.69, 9.17) is 4.98 Å². The van der Waals surface area contributed by atoms with Crippen LogP contribution < -0.4 is 0 Å². The summed E-state index contributed by atoms with van der Waals surface area (Å²) in [4.78, 5) is 18.3. The minimum absolute atomic E-state index is 0.678. The fraction of sp³-hybridized carbons (Fsp3) is 0.0345. The van der Waals surface area contributed by atoms with Crippen molar-refractivity contribution >= 4 is 21.5 Å². The highest BCUT2D eigenvalue weighted by Crippen LogP contribution is 2.30. The lowest BCUT2D eigenvalue weighted by Gasteiger charge is -2.09. The maximum absolute atomic E-state index is 4.80. The van der Waals surface area contributed by atoms with Crippen molar-refractivity contribution in [3.63, 3.8) is 0 Å². The highest BCUT2D eigenvalue weighted by molar-refractivity contribution is 5.96. The van der Waals surface area contributed by atoms with Gasteiger partial charge in [0.2, 0.25) is 0 Å². The molecule has 0 unspecified atom stereocenters. The third-order valence-electron chi connectivity index (χ3n) is 5.89. The van der Waals surface area contributed by atoms with Gasteiger partial charge in [0.05, 0.1) is 0 Å². The van der Waals surface area contributed by atoms with E-state index in [2.05, 4.69) is 87.7 Å². The van der Waals surface area contributed by atoms with Gasteiger partial charge in [0.15, 0.2) is 11.6 Å².